The SMILES string of the molecule is CCC1c2ccc(C(C)(C)C)cc2N2c3ccccc3N(c3ccccc3-c3ccccc3)C2C1(CC)CC. The Morgan fingerprint density at radius 1 is 0.641 bits per heavy atom. The summed E-state index contributed by atoms with van der Waals surface area (Å²) in [7, 11) is 0. The Labute approximate surface area is 235 Å². The van der Waals surface area contributed by atoms with Crippen LogP contribution in [0, 0.1) is 5.41 Å². The van der Waals surface area contributed by atoms with E-state index in [1.165, 1.54) is 45.0 Å². The Balaban J connectivity index is 1.67. The van der Waals surface area contributed by atoms with Gasteiger partial charge in [0.15, 0.2) is 0 Å². The summed E-state index contributed by atoms with van der Waals surface area (Å²) in [5.74, 6) is 0.485. The smallest absolute Gasteiger partial charge is 0.117 e. The highest BCUT2D eigenvalue weighted by molar-refractivity contribution is 5.94. The third kappa shape index (κ3) is 3.83. The molecule has 0 spiro atoms. The summed E-state index contributed by atoms with van der Waals surface area (Å²) in [6.07, 6.45) is 3.59. The molecule has 0 aromatic heterocycles. The molecule has 4 aromatic carbocycles. The topological polar surface area (TPSA) is 6.48 Å². The molecule has 2 nitrogen and oxygen atoms in total. The van der Waals surface area contributed by atoms with Gasteiger partial charge in [0.25, 0.3) is 0 Å². The van der Waals surface area contributed by atoms with Gasteiger partial charge in [-0.05, 0) is 71.6 Å². The molecule has 0 fully saturated rings. The first-order chi connectivity index (χ1) is 18.9. The van der Waals surface area contributed by atoms with Crippen LogP contribution in [0.15, 0.2) is 97.1 Å². The number of para-hydroxylation sites is 3. The number of hydrogen-bond donors (Lipinski definition) is 0. The minimum absolute atomic E-state index is 0.0911. The van der Waals surface area contributed by atoms with Gasteiger partial charge in [-0.2, -0.15) is 0 Å². The van der Waals surface area contributed by atoms with E-state index in [9.17, 15) is 0 Å². The second-order valence-corrected chi connectivity index (χ2v) is 12.4. The molecule has 2 heteroatoms. The van der Waals surface area contributed by atoms with Crippen LogP contribution < -0.4 is 9.80 Å². The Hall–Kier alpha value is -3.52. The quantitative estimate of drug-likeness (QED) is 0.261. The summed E-state index contributed by atoms with van der Waals surface area (Å²) in [5.41, 5.74) is 11.0. The molecule has 0 bridgehead atoms. The predicted molar refractivity (Wildman–Crippen MR) is 168 cm³/mol. The van der Waals surface area contributed by atoms with Crippen molar-refractivity contribution in [3.05, 3.63) is 108 Å². The molecular formula is C37H42N2. The highest BCUT2D eigenvalue weighted by atomic mass is 15.4. The molecule has 0 amide bonds. The molecule has 200 valence electrons. The van der Waals surface area contributed by atoms with Gasteiger partial charge in [-0.25, -0.2) is 0 Å². The normalized spacial score (nSPS) is 19.4. The lowest BCUT2D eigenvalue weighted by Crippen LogP contribution is -2.57. The van der Waals surface area contributed by atoms with Gasteiger partial charge in [-0.1, -0.05) is 114 Å². The standard InChI is InChI=1S/C37H42N2/c1-7-30-29-24-23-27(36(4,5)6)25-34(29)39-33-22-16-15-21-32(33)38(35(39)37(30,8-2)9-3)31-20-14-13-19-28(31)26-17-11-10-12-18-26/h10-25,30,35H,7-9H2,1-6H3. The van der Waals surface area contributed by atoms with Gasteiger partial charge in [-0.3, -0.25) is 0 Å². The molecule has 0 N–H and O–H groups in total. The molecule has 0 saturated carbocycles. The zero-order valence-corrected chi connectivity index (χ0v) is 24.4. The minimum Gasteiger partial charge on any atom is -0.317 e. The number of benzene rings is 4. The van der Waals surface area contributed by atoms with Gasteiger partial charge in [0.2, 0.25) is 0 Å². The average molecular weight is 515 g/mol. The minimum atomic E-state index is 0.0911. The number of anilines is 4. The summed E-state index contributed by atoms with van der Waals surface area (Å²) in [5, 5.41) is 0. The number of hydrogen-bond acceptors (Lipinski definition) is 2. The first-order valence-corrected chi connectivity index (χ1v) is 14.8. The lowest BCUT2D eigenvalue weighted by atomic mass is 9.62. The van der Waals surface area contributed by atoms with Crippen LogP contribution >= 0.6 is 0 Å². The van der Waals surface area contributed by atoms with Crippen LogP contribution in [0.4, 0.5) is 22.7 Å². The average Bonchev–Trinajstić information content (AvgIpc) is 3.32. The summed E-state index contributed by atoms with van der Waals surface area (Å²) in [4.78, 5) is 5.40. The molecule has 0 aliphatic carbocycles. The number of nitrogens with zero attached hydrogens (tertiary/aromatic N) is 2. The maximum Gasteiger partial charge on any atom is 0.117 e. The van der Waals surface area contributed by atoms with Crippen molar-refractivity contribution in [3.8, 4) is 11.1 Å². The zero-order valence-electron chi connectivity index (χ0n) is 24.4. The molecule has 2 heterocycles. The Kier molecular flexibility index (Phi) is 6.33. The summed E-state index contributed by atoms with van der Waals surface area (Å²) in [6.45, 7) is 14.2. The Bertz CT molecular complexity index is 1480. The van der Waals surface area contributed by atoms with E-state index in [1.54, 1.807) is 0 Å². The third-order valence-electron chi connectivity index (χ3n) is 9.60. The van der Waals surface area contributed by atoms with Crippen molar-refractivity contribution in [2.75, 3.05) is 9.80 Å². The summed E-state index contributed by atoms with van der Waals surface area (Å²) >= 11 is 0. The molecule has 2 aliphatic heterocycles. The fraction of sp³-hybridized carbons (Fsp3) is 0.351. The first-order valence-electron chi connectivity index (χ1n) is 14.8. The molecule has 2 aliphatic rings. The fourth-order valence-electron chi connectivity index (χ4n) is 7.57. The van der Waals surface area contributed by atoms with E-state index >= 15 is 0 Å². The number of fused-ring (bicyclic) bond motifs is 5. The van der Waals surface area contributed by atoms with Gasteiger partial charge >= 0.3 is 0 Å². The second-order valence-electron chi connectivity index (χ2n) is 12.4. The molecular weight excluding hydrogens is 472 g/mol. The third-order valence-corrected chi connectivity index (χ3v) is 9.60. The van der Waals surface area contributed by atoms with E-state index in [-0.39, 0.29) is 17.0 Å². The van der Waals surface area contributed by atoms with Crippen LogP contribution in [-0.4, -0.2) is 6.17 Å². The van der Waals surface area contributed by atoms with Gasteiger partial charge in [0.1, 0.15) is 6.17 Å². The zero-order chi connectivity index (χ0) is 27.4. The van der Waals surface area contributed by atoms with Crippen molar-refractivity contribution >= 4 is 22.7 Å². The lowest BCUT2D eigenvalue weighted by Gasteiger charge is -2.55. The molecule has 4 aromatic rings. The van der Waals surface area contributed by atoms with Crippen LogP contribution in [0.1, 0.15) is 77.8 Å². The van der Waals surface area contributed by atoms with E-state index in [2.05, 4.69) is 148 Å². The van der Waals surface area contributed by atoms with Gasteiger partial charge in [0.05, 0.1) is 17.1 Å². The highest BCUT2D eigenvalue weighted by Crippen LogP contribution is 2.64. The summed E-state index contributed by atoms with van der Waals surface area (Å²) < 4.78 is 0. The Morgan fingerprint density at radius 3 is 1.79 bits per heavy atom. The van der Waals surface area contributed by atoms with Crippen LogP contribution in [0.3, 0.4) is 0 Å². The molecule has 0 radical (unpaired) electrons. The summed E-state index contributed by atoms with van der Waals surface area (Å²) in [6, 6.07) is 36.3. The fourth-order valence-corrected chi connectivity index (χ4v) is 7.57. The van der Waals surface area contributed by atoms with Crippen LogP contribution in [0.25, 0.3) is 11.1 Å². The van der Waals surface area contributed by atoms with Crippen LogP contribution in [0.5, 0.6) is 0 Å². The highest BCUT2D eigenvalue weighted by Gasteiger charge is 2.56. The Morgan fingerprint density at radius 2 is 1.21 bits per heavy atom. The van der Waals surface area contributed by atoms with Crippen molar-refractivity contribution in [1.29, 1.82) is 0 Å². The molecule has 0 saturated heterocycles. The maximum atomic E-state index is 2.71. The van der Waals surface area contributed by atoms with Crippen molar-refractivity contribution in [3.63, 3.8) is 0 Å². The van der Waals surface area contributed by atoms with Crippen molar-refractivity contribution in [2.24, 2.45) is 5.41 Å². The van der Waals surface area contributed by atoms with Gasteiger partial charge in [0, 0.05) is 16.7 Å². The monoisotopic (exact) mass is 514 g/mol. The second kappa shape index (κ2) is 9.59. The molecule has 2 atom stereocenters. The van der Waals surface area contributed by atoms with E-state index in [0.29, 0.717) is 5.92 Å². The van der Waals surface area contributed by atoms with Crippen LogP contribution in [-0.2, 0) is 5.41 Å². The maximum absolute atomic E-state index is 2.71. The molecule has 2 unspecified atom stereocenters. The van der Waals surface area contributed by atoms with E-state index in [1.807, 2.05) is 0 Å². The first kappa shape index (κ1) is 25.7. The molecule has 39 heavy (non-hydrogen) atoms. The van der Waals surface area contributed by atoms with E-state index in [4.69, 9.17) is 0 Å². The van der Waals surface area contributed by atoms with Gasteiger partial charge in [-0.15, -0.1) is 0 Å². The van der Waals surface area contributed by atoms with Crippen molar-refractivity contribution in [2.45, 2.75) is 78.3 Å². The number of rotatable bonds is 5. The van der Waals surface area contributed by atoms with Crippen molar-refractivity contribution in [1.82, 2.24) is 0 Å². The largest absolute Gasteiger partial charge is 0.317 e. The lowest BCUT2D eigenvalue weighted by molar-refractivity contribution is 0.144. The molecule has 6 rings (SSSR count). The van der Waals surface area contributed by atoms with Crippen LogP contribution in [0.2, 0.25) is 0 Å². The van der Waals surface area contributed by atoms with Gasteiger partial charge < -0.3 is 9.80 Å². The van der Waals surface area contributed by atoms with Crippen molar-refractivity contribution < 1.29 is 0 Å². The van der Waals surface area contributed by atoms with E-state index < -0.39 is 0 Å². The van der Waals surface area contributed by atoms with E-state index in [0.717, 1.165) is 19.3 Å². The predicted octanol–water partition coefficient (Wildman–Crippen LogP) is 10.6.